The van der Waals surface area contributed by atoms with E-state index in [1.807, 2.05) is 6.07 Å². The van der Waals surface area contributed by atoms with E-state index in [4.69, 9.17) is 21.4 Å². The van der Waals surface area contributed by atoms with E-state index in [1.165, 1.54) is 16.7 Å². The number of nitrogens with one attached hydrogen (secondary N) is 1. The molecule has 3 atom stereocenters. The molecule has 0 saturated carbocycles. The molecule has 2 aliphatic heterocycles. The van der Waals surface area contributed by atoms with Gasteiger partial charge in [0.1, 0.15) is 17.2 Å². The van der Waals surface area contributed by atoms with Gasteiger partial charge >= 0.3 is 5.97 Å². The molecule has 2 heterocycles. The largest absolute Gasteiger partial charge is 0.484 e. The Morgan fingerprint density at radius 1 is 1.42 bits per heavy atom. The maximum Gasteiger partial charge on any atom is 0.327 e. The molecule has 0 bridgehead atoms. The first-order valence-corrected chi connectivity index (χ1v) is 8.65. The molecule has 2 fully saturated rings. The highest BCUT2D eigenvalue weighted by molar-refractivity contribution is 8.00. The number of rotatable bonds is 5. The van der Waals surface area contributed by atoms with E-state index in [2.05, 4.69) is 5.32 Å². The van der Waals surface area contributed by atoms with Crippen LogP contribution in [-0.2, 0) is 14.4 Å². The molecule has 9 heteroatoms. The van der Waals surface area contributed by atoms with Gasteiger partial charge in [-0.1, -0.05) is 18.2 Å². The van der Waals surface area contributed by atoms with Gasteiger partial charge in [-0.3, -0.25) is 14.4 Å². The van der Waals surface area contributed by atoms with Gasteiger partial charge in [0, 0.05) is 5.75 Å². The predicted octanol–water partition coefficient (Wildman–Crippen LogP) is 0.527. The molecule has 128 valence electrons. The topological polar surface area (TPSA) is 95.9 Å². The number of hydrogen-bond donors (Lipinski definition) is 2. The number of para-hydroxylation sites is 1. The molecule has 0 spiro atoms. The lowest BCUT2D eigenvalue weighted by atomic mass is 10.0. The number of nitrogens with zero attached hydrogens (tertiary/aromatic N) is 1. The molecular formula is C15H15ClN2O5S. The molecule has 2 unspecified atom stereocenters. The van der Waals surface area contributed by atoms with Crippen molar-refractivity contribution in [1.29, 1.82) is 0 Å². The SMILES string of the molecule is O=C(COc1ccccc1)NC1C(=O)N2CC(Cl)(C(=O)O)CS[C@H]12. The second-order valence-electron chi connectivity index (χ2n) is 5.59. The van der Waals surface area contributed by atoms with Gasteiger partial charge in [-0.2, -0.15) is 0 Å². The fourth-order valence-corrected chi connectivity index (χ4v) is 4.26. The number of ether oxygens (including phenoxy) is 1. The highest BCUT2D eigenvalue weighted by Crippen LogP contribution is 2.40. The maximum absolute atomic E-state index is 12.1. The number of carboxylic acid groups (broad SMARTS) is 1. The minimum atomic E-state index is -1.47. The van der Waals surface area contributed by atoms with Crippen LogP contribution in [0.1, 0.15) is 0 Å². The fraction of sp³-hybridized carbons (Fsp3) is 0.400. The van der Waals surface area contributed by atoms with Gasteiger partial charge in [0.05, 0.1) is 6.54 Å². The third-order valence-electron chi connectivity index (χ3n) is 3.86. The van der Waals surface area contributed by atoms with Crippen molar-refractivity contribution in [3.05, 3.63) is 30.3 Å². The number of aliphatic carboxylic acids is 1. The Bertz CT molecular complexity index is 673. The average Bonchev–Trinajstić information content (AvgIpc) is 2.58. The number of amides is 2. The van der Waals surface area contributed by atoms with Crippen LogP contribution in [0.25, 0.3) is 0 Å². The summed E-state index contributed by atoms with van der Waals surface area (Å²) in [5, 5.41) is 11.5. The summed E-state index contributed by atoms with van der Waals surface area (Å²) in [6.07, 6.45) is 0. The second-order valence-corrected chi connectivity index (χ2v) is 7.41. The summed E-state index contributed by atoms with van der Waals surface area (Å²) in [6.45, 7) is -0.257. The Morgan fingerprint density at radius 3 is 2.79 bits per heavy atom. The Morgan fingerprint density at radius 2 is 2.12 bits per heavy atom. The van der Waals surface area contributed by atoms with E-state index in [0.29, 0.717) is 5.75 Å². The number of fused-ring (bicyclic) bond motifs is 1. The number of benzene rings is 1. The summed E-state index contributed by atoms with van der Waals surface area (Å²) < 4.78 is 5.33. The molecule has 24 heavy (non-hydrogen) atoms. The van der Waals surface area contributed by atoms with Crippen molar-refractivity contribution in [3.8, 4) is 5.75 Å². The van der Waals surface area contributed by atoms with E-state index < -0.39 is 22.8 Å². The van der Waals surface area contributed by atoms with Crippen LogP contribution in [0, 0.1) is 0 Å². The first-order chi connectivity index (χ1) is 11.4. The predicted molar refractivity (Wildman–Crippen MR) is 88.0 cm³/mol. The molecule has 7 nitrogen and oxygen atoms in total. The minimum Gasteiger partial charge on any atom is -0.484 e. The minimum absolute atomic E-state index is 0.0622. The first kappa shape index (κ1) is 16.9. The quantitative estimate of drug-likeness (QED) is 0.579. The van der Waals surface area contributed by atoms with Gasteiger partial charge in [0.2, 0.25) is 5.91 Å². The molecule has 2 N–H and O–H groups in total. The highest BCUT2D eigenvalue weighted by Gasteiger charge is 2.56. The zero-order valence-electron chi connectivity index (χ0n) is 12.5. The molecule has 3 rings (SSSR count). The van der Waals surface area contributed by atoms with Crippen molar-refractivity contribution in [1.82, 2.24) is 10.2 Å². The van der Waals surface area contributed by atoms with Crippen LogP contribution in [0.3, 0.4) is 0 Å². The van der Waals surface area contributed by atoms with Gasteiger partial charge < -0.3 is 20.1 Å². The van der Waals surface area contributed by atoms with Crippen LogP contribution in [0.5, 0.6) is 5.75 Å². The number of carbonyl (C=O) groups excluding carboxylic acids is 2. The molecule has 0 aliphatic carbocycles. The molecule has 2 saturated heterocycles. The lowest BCUT2D eigenvalue weighted by Gasteiger charge is -2.52. The summed E-state index contributed by atoms with van der Waals surface area (Å²) in [5.41, 5.74) is 0. The van der Waals surface area contributed by atoms with E-state index in [9.17, 15) is 14.4 Å². The molecule has 2 aliphatic rings. The number of β-lactam (4-membered cyclic amide) rings is 1. The van der Waals surface area contributed by atoms with Gasteiger partial charge in [0.15, 0.2) is 11.5 Å². The van der Waals surface area contributed by atoms with Gasteiger partial charge in [0.25, 0.3) is 5.91 Å². The van der Waals surface area contributed by atoms with Crippen LogP contribution < -0.4 is 10.1 Å². The highest BCUT2D eigenvalue weighted by atomic mass is 35.5. The third kappa shape index (κ3) is 3.16. The lowest BCUT2D eigenvalue weighted by Crippen LogP contribution is -2.74. The van der Waals surface area contributed by atoms with Crippen LogP contribution in [0.4, 0.5) is 0 Å². The zero-order valence-corrected chi connectivity index (χ0v) is 14.0. The summed E-state index contributed by atoms with van der Waals surface area (Å²) >= 11 is 7.27. The summed E-state index contributed by atoms with van der Waals surface area (Å²) in [5.74, 6) is -1.14. The Hall–Kier alpha value is -1.93. The maximum atomic E-state index is 12.1. The standard InChI is InChI=1S/C15H15ClN2O5S/c16-15(14(21)22)7-18-12(20)11(13(18)24-8-15)17-10(19)6-23-9-4-2-1-3-5-9/h1-5,11,13H,6-8H2,(H,17,19)(H,21,22)/t11?,13-,15?/m1/s1. The van der Waals surface area contributed by atoms with Crippen molar-refractivity contribution in [2.45, 2.75) is 16.3 Å². The van der Waals surface area contributed by atoms with E-state index in [0.717, 1.165) is 0 Å². The number of alkyl halides is 1. The number of carbonyl (C=O) groups is 3. The summed E-state index contributed by atoms with van der Waals surface area (Å²) in [7, 11) is 0. The van der Waals surface area contributed by atoms with Crippen molar-refractivity contribution in [2.75, 3.05) is 18.9 Å². The normalized spacial score (nSPS) is 28.5. The Balaban J connectivity index is 1.52. The summed E-state index contributed by atoms with van der Waals surface area (Å²) in [4.78, 5) is 35.1. The van der Waals surface area contributed by atoms with E-state index >= 15 is 0 Å². The smallest absolute Gasteiger partial charge is 0.327 e. The number of thioether (sulfide) groups is 1. The Labute approximate surface area is 147 Å². The first-order valence-electron chi connectivity index (χ1n) is 7.22. The van der Waals surface area contributed by atoms with E-state index in [-0.39, 0.29) is 30.2 Å². The van der Waals surface area contributed by atoms with Crippen LogP contribution in [0.2, 0.25) is 0 Å². The Kier molecular flexibility index (Phi) is 4.60. The van der Waals surface area contributed by atoms with E-state index in [1.54, 1.807) is 24.3 Å². The molecule has 0 aromatic heterocycles. The van der Waals surface area contributed by atoms with Gasteiger partial charge in [-0.15, -0.1) is 23.4 Å². The lowest BCUT2D eigenvalue weighted by molar-refractivity contribution is -0.152. The molecule has 2 amide bonds. The van der Waals surface area contributed by atoms with Crippen molar-refractivity contribution in [2.24, 2.45) is 0 Å². The second kappa shape index (κ2) is 6.52. The van der Waals surface area contributed by atoms with Crippen LogP contribution in [0.15, 0.2) is 30.3 Å². The van der Waals surface area contributed by atoms with Crippen molar-refractivity contribution in [3.63, 3.8) is 0 Å². The number of hydrogen-bond acceptors (Lipinski definition) is 5. The van der Waals surface area contributed by atoms with Crippen LogP contribution >= 0.6 is 23.4 Å². The molecule has 1 aromatic carbocycles. The van der Waals surface area contributed by atoms with Crippen molar-refractivity contribution >= 4 is 41.1 Å². The molecule has 0 radical (unpaired) electrons. The van der Waals surface area contributed by atoms with Gasteiger partial charge in [-0.05, 0) is 12.1 Å². The fourth-order valence-electron chi connectivity index (χ4n) is 2.55. The molecular weight excluding hydrogens is 356 g/mol. The third-order valence-corrected chi connectivity index (χ3v) is 5.96. The van der Waals surface area contributed by atoms with Crippen molar-refractivity contribution < 1.29 is 24.2 Å². The monoisotopic (exact) mass is 370 g/mol. The average molecular weight is 371 g/mol. The van der Waals surface area contributed by atoms with Crippen LogP contribution in [-0.4, -0.2) is 63.0 Å². The number of carboxylic acids is 1. The zero-order chi connectivity index (χ0) is 17.3. The summed E-state index contributed by atoms with van der Waals surface area (Å²) in [6, 6.07) is 8.21. The number of halogens is 1. The van der Waals surface area contributed by atoms with Gasteiger partial charge in [-0.25, -0.2) is 0 Å². The molecule has 1 aromatic rings.